The third-order valence-corrected chi connectivity index (χ3v) is 5.94. The van der Waals surface area contributed by atoms with Gasteiger partial charge < -0.3 is 4.74 Å². The topological polar surface area (TPSA) is 49.9 Å². The molecule has 0 bridgehead atoms. The van der Waals surface area contributed by atoms with Crippen LogP contribution in [0.2, 0.25) is 0 Å². The summed E-state index contributed by atoms with van der Waals surface area (Å²) >= 11 is 0. The van der Waals surface area contributed by atoms with E-state index in [1.165, 1.54) is 15.4 Å². The maximum Gasteiger partial charge on any atom is 0.282 e. The SMILES string of the molecule is O=S(=O)(N1CC=C(c2ccccc2)CC1)N1CCOCC1. The summed E-state index contributed by atoms with van der Waals surface area (Å²) < 4.78 is 33.4. The molecule has 0 unspecified atom stereocenters. The van der Waals surface area contributed by atoms with Crippen LogP contribution in [0.15, 0.2) is 36.4 Å². The van der Waals surface area contributed by atoms with Gasteiger partial charge >= 0.3 is 0 Å². The number of nitrogens with zero attached hydrogens (tertiary/aromatic N) is 2. The molecule has 1 fully saturated rings. The van der Waals surface area contributed by atoms with Gasteiger partial charge in [0.1, 0.15) is 0 Å². The number of morpholine rings is 1. The Hall–Kier alpha value is -1.21. The molecule has 0 N–H and O–H groups in total. The van der Waals surface area contributed by atoms with Crippen LogP contribution < -0.4 is 0 Å². The van der Waals surface area contributed by atoms with Crippen molar-refractivity contribution in [1.82, 2.24) is 8.61 Å². The average molecular weight is 308 g/mol. The normalized spacial score (nSPS) is 22.0. The van der Waals surface area contributed by atoms with Gasteiger partial charge in [0.25, 0.3) is 10.2 Å². The minimum absolute atomic E-state index is 0.448. The van der Waals surface area contributed by atoms with E-state index in [1.807, 2.05) is 24.3 Å². The summed E-state index contributed by atoms with van der Waals surface area (Å²) in [6.07, 6.45) is 2.78. The molecule has 0 aliphatic carbocycles. The van der Waals surface area contributed by atoms with E-state index in [1.54, 1.807) is 4.31 Å². The molecule has 2 aliphatic heterocycles. The van der Waals surface area contributed by atoms with Gasteiger partial charge in [-0.1, -0.05) is 36.4 Å². The highest BCUT2D eigenvalue weighted by molar-refractivity contribution is 7.86. The van der Waals surface area contributed by atoms with Crippen molar-refractivity contribution in [2.75, 3.05) is 39.4 Å². The van der Waals surface area contributed by atoms with Gasteiger partial charge in [-0.2, -0.15) is 17.0 Å². The molecule has 21 heavy (non-hydrogen) atoms. The lowest BCUT2D eigenvalue weighted by Crippen LogP contribution is -2.49. The molecule has 1 saturated heterocycles. The second-order valence-electron chi connectivity index (χ2n) is 5.22. The fourth-order valence-corrected chi connectivity index (χ4v) is 4.24. The first-order valence-corrected chi connectivity index (χ1v) is 8.65. The largest absolute Gasteiger partial charge is 0.379 e. The number of hydrogen-bond donors (Lipinski definition) is 0. The molecule has 5 nitrogen and oxygen atoms in total. The van der Waals surface area contributed by atoms with Gasteiger partial charge in [0.05, 0.1) is 13.2 Å². The van der Waals surface area contributed by atoms with Gasteiger partial charge in [0.15, 0.2) is 0 Å². The molecule has 2 aliphatic rings. The average Bonchev–Trinajstić information content (AvgIpc) is 2.57. The fraction of sp³-hybridized carbons (Fsp3) is 0.467. The Morgan fingerprint density at radius 1 is 0.952 bits per heavy atom. The summed E-state index contributed by atoms with van der Waals surface area (Å²) in [5.74, 6) is 0. The molecule has 114 valence electrons. The molecule has 1 aromatic carbocycles. The van der Waals surface area contributed by atoms with Crippen LogP contribution in [0.3, 0.4) is 0 Å². The summed E-state index contributed by atoms with van der Waals surface area (Å²) in [4.78, 5) is 0. The van der Waals surface area contributed by atoms with Crippen molar-refractivity contribution in [3.63, 3.8) is 0 Å². The monoisotopic (exact) mass is 308 g/mol. The van der Waals surface area contributed by atoms with Crippen molar-refractivity contribution in [1.29, 1.82) is 0 Å². The standard InChI is InChI=1S/C15H20N2O3S/c18-21(19,17-10-12-20-13-11-17)16-8-6-15(7-9-16)14-4-2-1-3-5-14/h1-6H,7-13H2. The van der Waals surface area contributed by atoms with Gasteiger partial charge in [0, 0.05) is 26.2 Å². The van der Waals surface area contributed by atoms with E-state index < -0.39 is 10.2 Å². The first-order chi connectivity index (χ1) is 10.2. The predicted octanol–water partition coefficient (Wildman–Crippen LogP) is 1.35. The van der Waals surface area contributed by atoms with Crippen molar-refractivity contribution in [3.05, 3.63) is 42.0 Å². The molecule has 0 atom stereocenters. The molecule has 6 heteroatoms. The van der Waals surface area contributed by atoms with Crippen LogP contribution in [0.5, 0.6) is 0 Å². The highest BCUT2D eigenvalue weighted by atomic mass is 32.2. The zero-order valence-corrected chi connectivity index (χ0v) is 12.8. The zero-order valence-electron chi connectivity index (χ0n) is 11.9. The Morgan fingerprint density at radius 3 is 2.29 bits per heavy atom. The Bertz CT molecular complexity index is 607. The van der Waals surface area contributed by atoms with E-state index in [0.29, 0.717) is 39.4 Å². The van der Waals surface area contributed by atoms with Crippen molar-refractivity contribution < 1.29 is 13.2 Å². The minimum Gasteiger partial charge on any atom is -0.379 e. The molecule has 0 aromatic heterocycles. The van der Waals surface area contributed by atoms with E-state index in [9.17, 15) is 8.42 Å². The van der Waals surface area contributed by atoms with Gasteiger partial charge in [0.2, 0.25) is 0 Å². The second-order valence-corrected chi connectivity index (χ2v) is 7.15. The molecule has 3 rings (SSSR count). The molecule has 0 spiro atoms. The predicted molar refractivity (Wildman–Crippen MR) is 81.9 cm³/mol. The third kappa shape index (κ3) is 3.18. The molecule has 2 heterocycles. The molecule has 1 aromatic rings. The number of hydrogen-bond acceptors (Lipinski definition) is 3. The van der Waals surface area contributed by atoms with Crippen LogP contribution in [0.1, 0.15) is 12.0 Å². The van der Waals surface area contributed by atoms with E-state index >= 15 is 0 Å². The molecule has 0 saturated carbocycles. The van der Waals surface area contributed by atoms with Crippen LogP contribution in [0.4, 0.5) is 0 Å². The van der Waals surface area contributed by atoms with E-state index in [0.717, 1.165) is 6.42 Å². The van der Waals surface area contributed by atoms with Crippen LogP contribution in [0, 0.1) is 0 Å². The highest BCUT2D eigenvalue weighted by Gasteiger charge is 2.31. The van der Waals surface area contributed by atoms with Crippen molar-refractivity contribution in [3.8, 4) is 0 Å². The van der Waals surface area contributed by atoms with Crippen molar-refractivity contribution in [2.24, 2.45) is 0 Å². The second kappa shape index (κ2) is 6.27. The number of rotatable bonds is 3. The Morgan fingerprint density at radius 2 is 1.67 bits per heavy atom. The Kier molecular flexibility index (Phi) is 4.40. The fourth-order valence-electron chi connectivity index (χ4n) is 2.72. The van der Waals surface area contributed by atoms with Gasteiger partial charge in [-0.05, 0) is 17.6 Å². The Balaban J connectivity index is 1.71. The molecular formula is C15H20N2O3S. The van der Waals surface area contributed by atoms with Crippen LogP contribution in [-0.2, 0) is 14.9 Å². The minimum atomic E-state index is -3.35. The maximum absolute atomic E-state index is 12.6. The van der Waals surface area contributed by atoms with Crippen molar-refractivity contribution >= 4 is 15.8 Å². The lowest BCUT2D eigenvalue weighted by molar-refractivity contribution is 0.0703. The van der Waals surface area contributed by atoms with Crippen LogP contribution in [0.25, 0.3) is 5.57 Å². The number of ether oxygens (including phenoxy) is 1. The Labute approximate surface area is 126 Å². The molecule has 0 amide bonds. The van der Waals surface area contributed by atoms with Gasteiger partial charge in [-0.3, -0.25) is 0 Å². The quantitative estimate of drug-likeness (QED) is 0.847. The zero-order chi connectivity index (χ0) is 14.7. The summed E-state index contributed by atoms with van der Waals surface area (Å²) in [6.45, 7) is 2.86. The number of benzene rings is 1. The molecular weight excluding hydrogens is 288 g/mol. The highest BCUT2D eigenvalue weighted by Crippen LogP contribution is 2.24. The van der Waals surface area contributed by atoms with Crippen LogP contribution >= 0.6 is 0 Å². The first kappa shape index (κ1) is 14.7. The van der Waals surface area contributed by atoms with E-state index in [-0.39, 0.29) is 0 Å². The summed E-state index contributed by atoms with van der Waals surface area (Å²) in [7, 11) is -3.35. The first-order valence-electron chi connectivity index (χ1n) is 7.25. The van der Waals surface area contributed by atoms with Gasteiger partial charge in [-0.25, -0.2) is 0 Å². The third-order valence-electron chi connectivity index (χ3n) is 3.94. The lowest BCUT2D eigenvalue weighted by atomic mass is 10.0. The van der Waals surface area contributed by atoms with Gasteiger partial charge in [-0.15, -0.1) is 0 Å². The molecule has 0 radical (unpaired) electrons. The van der Waals surface area contributed by atoms with E-state index in [2.05, 4.69) is 12.1 Å². The van der Waals surface area contributed by atoms with Crippen LogP contribution in [-0.4, -0.2) is 56.4 Å². The lowest BCUT2D eigenvalue weighted by Gasteiger charge is -2.33. The van der Waals surface area contributed by atoms with E-state index in [4.69, 9.17) is 4.74 Å². The smallest absolute Gasteiger partial charge is 0.282 e. The summed E-state index contributed by atoms with van der Waals surface area (Å²) in [5, 5.41) is 0. The summed E-state index contributed by atoms with van der Waals surface area (Å²) in [5.41, 5.74) is 2.41. The maximum atomic E-state index is 12.6. The van der Waals surface area contributed by atoms with Crippen molar-refractivity contribution in [2.45, 2.75) is 6.42 Å². The summed E-state index contributed by atoms with van der Waals surface area (Å²) in [6, 6.07) is 10.1.